The van der Waals surface area contributed by atoms with Gasteiger partial charge in [-0.3, -0.25) is 4.79 Å². The second kappa shape index (κ2) is 6.27. The van der Waals surface area contributed by atoms with Crippen LogP contribution in [-0.2, 0) is 14.3 Å². The number of ether oxygens (including phenoxy) is 2. The number of carbonyl (C=O) groups excluding carboxylic acids is 1. The molecule has 4 heteroatoms. The summed E-state index contributed by atoms with van der Waals surface area (Å²) >= 11 is 0. The highest BCUT2D eigenvalue weighted by atomic mass is 16.7. The second-order valence-electron chi connectivity index (χ2n) is 6.30. The van der Waals surface area contributed by atoms with Crippen molar-refractivity contribution < 1.29 is 14.3 Å². The number of hydrogen-bond donors (Lipinski definition) is 1. The summed E-state index contributed by atoms with van der Waals surface area (Å²) in [7, 11) is 0. The Bertz CT molecular complexity index is 374. The van der Waals surface area contributed by atoms with E-state index >= 15 is 0 Å². The third-order valence-electron chi connectivity index (χ3n) is 4.62. The summed E-state index contributed by atoms with van der Waals surface area (Å²) in [4.78, 5) is 11.9. The Morgan fingerprint density at radius 3 is 2.90 bits per heavy atom. The molecule has 2 aliphatic carbocycles. The lowest BCUT2D eigenvalue weighted by molar-refractivity contribution is -0.186. The van der Waals surface area contributed by atoms with Gasteiger partial charge in [0.05, 0.1) is 6.61 Å². The van der Waals surface area contributed by atoms with Gasteiger partial charge in [-0.2, -0.15) is 0 Å². The predicted molar refractivity (Wildman–Crippen MR) is 76.1 cm³/mol. The SMILES string of the molecule is O=C(CC1C=CCC1)NCC1COC2(CCCCC2)O1. The van der Waals surface area contributed by atoms with Crippen LogP contribution >= 0.6 is 0 Å². The topological polar surface area (TPSA) is 47.6 Å². The van der Waals surface area contributed by atoms with E-state index in [-0.39, 0.29) is 17.8 Å². The Morgan fingerprint density at radius 2 is 2.15 bits per heavy atom. The molecule has 112 valence electrons. The van der Waals surface area contributed by atoms with Gasteiger partial charge in [0, 0.05) is 25.8 Å². The van der Waals surface area contributed by atoms with Crippen molar-refractivity contribution in [1.82, 2.24) is 5.32 Å². The maximum absolute atomic E-state index is 11.9. The van der Waals surface area contributed by atoms with Crippen molar-refractivity contribution in [2.45, 2.75) is 63.3 Å². The van der Waals surface area contributed by atoms with Gasteiger partial charge >= 0.3 is 0 Å². The van der Waals surface area contributed by atoms with Crippen LogP contribution in [0.3, 0.4) is 0 Å². The first kappa shape index (κ1) is 14.1. The molecule has 2 atom stereocenters. The van der Waals surface area contributed by atoms with Gasteiger partial charge < -0.3 is 14.8 Å². The molecule has 1 heterocycles. The maximum atomic E-state index is 11.9. The Balaban J connectivity index is 1.38. The minimum absolute atomic E-state index is 0.0242. The summed E-state index contributed by atoms with van der Waals surface area (Å²) in [5, 5.41) is 3.00. The first-order valence-electron chi connectivity index (χ1n) is 8.01. The van der Waals surface area contributed by atoms with Crippen LogP contribution < -0.4 is 5.32 Å². The second-order valence-corrected chi connectivity index (χ2v) is 6.30. The lowest BCUT2D eigenvalue weighted by atomic mass is 9.94. The summed E-state index contributed by atoms with van der Waals surface area (Å²) in [5.41, 5.74) is 0. The minimum Gasteiger partial charge on any atom is -0.353 e. The summed E-state index contributed by atoms with van der Waals surface area (Å²) in [6.45, 7) is 1.20. The molecule has 2 fully saturated rings. The van der Waals surface area contributed by atoms with Crippen LogP contribution in [0.5, 0.6) is 0 Å². The number of carbonyl (C=O) groups is 1. The van der Waals surface area contributed by atoms with E-state index in [4.69, 9.17) is 9.47 Å². The van der Waals surface area contributed by atoms with Gasteiger partial charge in [0.1, 0.15) is 6.10 Å². The van der Waals surface area contributed by atoms with Crippen molar-refractivity contribution in [1.29, 1.82) is 0 Å². The number of amides is 1. The fourth-order valence-corrected chi connectivity index (χ4v) is 3.47. The van der Waals surface area contributed by atoms with Crippen LogP contribution in [0.1, 0.15) is 51.4 Å². The molecule has 3 rings (SSSR count). The average Bonchev–Trinajstić information content (AvgIpc) is 3.08. The van der Waals surface area contributed by atoms with Crippen LogP contribution in [0.15, 0.2) is 12.2 Å². The van der Waals surface area contributed by atoms with Gasteiger partial charge in [-0.25, -0.2) is 0 Å². The number of hydrogen-bond acceptors (Lipinski definition) is 3. The molecule has 1 N–H and O–H groups in total. The molecule has 0 bridgehead atoms. The van der Waals surface area contributed by atoms with Gasteiger partial charge in [-0.1, -0.05) is 18.6 Å². The van der Waals surface area contributed by atoms with E-state index in [1.54, 1.807) is 0 Å². The normalized spacial score (nSPS) is 31.8. The Morgan fingerprint density at radius 1 is 1.30 bits per heavy atom. The van der Waals surface area contributed by atoms with Gasteiger partial charge in [-0.15, -0.1) is 0 Å². The van der Waals surface area contributed by atoms with Crippen LogP contribution in [-0.4, -0.2) is 30.9 Å². The molecule has 1 aliphatic heterocycles. The lowest BCUT2D eigenvalue weighted by Gasteiger charge is -2.31. The highest BCUT2D eigenvalue weighted by molar-refractivity contribution is 5.76. The smallest absolute Gasteiger partial charge is 0.220 e. The quantitative estimate of drug-likeness (QED) is 0.804. The standard InChI is InChI=1S/C16H25NO3/c18-15(10-13-6-2-3-7-13)17-11-14-12-19-16(20-14)8-4-1-5-9-16/h2,6,13-14H,1,3-5,7-12H2,(H,17,18). The van der Waals surface area contributed by atoms with Crippen LogP contribution in [0, 0.1) is 5.92 Å². The fraction of sp³-hybridized carbons (Fsp3) is 0.812. The number of rotatable bonds is 4. The van der Waals surface area contributed by atoms with E-state index in [9.17, 15) is 4.79 Å². The molecule has 0 aromatic heterocycles. The first-order valence-corrected chi connectivity index (χ1v) is 8.01. The lowest BCUT2D eigenvalue weighted by Crippen LogP contribution is -2.37. The first-order chi connectivity index (χ1) is 9.76. The van der Waals surface area contributed by atoms with Crippen molar-refractivity contribution in [2.24, 2.45) is 5.92 Å². The molecule has 1 spiro atoms. The Kier molecular flexibility index (Phi) is 4.41. The predicted octanol–water partition coefficient (Wildman–Crippen LogP) is 2.53. The zero-order chi connectivity index (χ0) is 13.8. The van der Waals surface area contributed by atoms with E-state index in [1.165, 1.54) is 19.3 Å². The summed E-state index contributed by atoms with van der Waals surface area (Å²) in [5.74, 6) is 0.233. The third-order valence-corrected chi connectivity index (χ3v) is 4.62. The molecule has 1 amide bonds. The molecule has 0 aromatic rings. The van der Waals surface area contributed by atoms with E-state index < -0.39 is 0 Å². The molecule has 1 saturated heterocycles. The molecule has 0 radical (unpaired) electrons. The molecule has 4 nitrogen and oxygen atoms in total. The monoisotopic (exact) mass is 279 g/mol. The number of nitrogens with one attached hydrogen (secondary N) is 1. The van der Waals surface area contributed by atoms with Crippen LogP contribution in [0.2, 0.25) is 0 Å². The summed E-state index contributed by atoms with van der Waals surface area (Å²) < 4.78 is 11.9. The molecule has 2 unspecified atom stereocenters. The summed E-state index contributed by atoms with van der Waals surface area (Å²) in [6, 6.07) is 0. The summed E-state index contributed by atoms with van der Waals surface area (Å²) in [6.07, 6.45) is 12.8. The molecule has 1 saturated carbocycles. The van der Waals surface area contributed by atoms with Gasteiger partial charge in [-0.05, 0) is 31.6 Å². The number of allylic oxidation sites excluding steroid dienone is 2. The highest BCUT2D eigenvalue weighted by Crippen LogP contribution is 2.37. The van der Waals surface area contributed by atoms with Crippen LogP contribution in [0.4, 0.5) is 0 Å². The van der Waals surface area contributed by atoms with E-state index in [1.807, 2.05) is 0 Å². The van der Waals surface area contributed by atoms with E-state index in [2.05, 4.69) is 17.5 Å². The minimum atomic E-state index is -0.332. The van der Waals surface area contributed by atoms with Crippen LogP contribution in [0.25, 0.3) is 0 Å². The Hall–Kier alpha value is -0.870. The molecule has 0 aromatic carbocycles. The maximum Gasteiger partial charge on any atom is 0.220 e. The van der Waals surface area contributed by atoms with E-state index in [0.29, 0.717) is 25.5 Å². The fourth-order valence-electron chi connectivity index (χ4n) is 3.47. The third kappa shape index (κ3) is 3.41. The van der Waals surface area contributed by atoms with Crippen molar-refractivity contribution >= 4 is 5.91 Å². The zero-order valence-corrected chi connectivity index (χ0v) is 12.1. The zero-order valence-electron chi connectivity index (χ0n) is 12.1. The molecule has 20 heavy (non-hydrogen) atoms. The molecular weight excluding hydrogens is 254 g/mol. The highest BCUT2D eigenvalue weighted by Gasteiger charge is 2.42. The van der Waals surface area contributed by atoms with Crippen molar-refractivity contribution in [3.63, 3.8) is 0 Å². The van der Waals surface area contributed by atoms with Crippen molar-refractivity contribution in [2.75, 3.05) is 13.2 Å². The van der Waals surface area contributed by atoms with Gasteiger partial charge in [0.15, 0.2) is 5.79 Å². The Labute approximate surface area is 120 Å². The largest absolute Gasteiger partial charge is 0.353 e. The molecular formula is C16H25NO3. The van der Waals surface area contributed by atoms with Gasteiger partial charge in [0.25, 0.3) is 0 Å². The van der Waals surface area contributed by atoms with Crippen molar-refractivity contribution in [3.8, 4) is 0 Å². The molecule has 3 aliphatic rings. The van der Waals surface area contributed by atoms with E-state index in [0.717, 1.165) is 25.7 Å². The van der Waals surface area contributed by atoms with Gasteiger partial charge in [0.2, 0.25) is 5.91 Å². The van der Waals surface area contributed by atoms with Crippen molar-refractivity contribution in [3.05, 3.63) is 12.2 Å². The average molecular weight is 279 g/mol.